The van der Waals surface area contributed by atoms with Crippen LogP contribution in [0.4, 0.5) is 0 Å². The molecule has 28 heavy (non-hydrogen) atoms. The molecule has 0 aliphatic carbocycles. The molecule has 1 unspecified atom stereocenters. The van der Waals surface area contributed by atoms with Crippen molar-refractivity contribution in [2.24, 2.45) is 4.99 Å². The maximum Gasteiger partial charge on any atom is 0.242 e. The predicted octanol–water partition coefficient (Wildman–Crippen LogP) is 2.95. The lowest BCUT2D eigenvalue weighted by molar-refractivity contribution is 0.581. The molecule has 0 amide bonds. The van der Waals surface area contributed by atoms with E-state index < -0.39 is 10.0 Å². The molecule has 154 valence electrons. The van der Waals surface area contributed by atoms with Crippen LogP contribution in [0.1, 0.15) is 25.5 Å². The summed E-state index contributed by atoms with van der Waals surface area (Å²) in [6.07, 6.45) is 2.83. The highest BCUT2D eigenvalue weighted by Gasteiger charge is 2.13. The zero-order valence-electron chi connectivity index (χ0n) is 15.7. The van der Waals surface area contributed by atoms with E-state index in [1.807, 2.05) is 38.1 Å². The summed E-state index contributed by atoms with van der Waals surface area (Å²) in [5.41, 5.74) is 0.960. The quantitative estimate of drug-likeness (QED) is 0.208. The lowest BCUT2D eigenvalue weighted by Crippen LogP contribution is -2.39. The van der Waals surface area contributed by atoms with Gasteiger partial charge in [-0.3, -0.25) is 9.98 Å². The summed E-state index contributed by atoms with van der Waals surface area (Å²) in [6.45, 7) is 5.09. The molecule has 0 spiro atoms. The van der Waals surface area contributed by atoms with Crippen molar-refractivity contribution in [1.82, 2.24) is 20.3 Å². The van der Waals surface area contributed by atoms with Gasteiger partial charge in [-0.25, -0.2) is 13.1 Å². The van der Waals surface area contributed by atoms with E-state index in [0.29, 0.717) is 17.5 Å². The van der Waals surface area contributed by atoms with Crippen molar-refractivity contribution in [1.29, 1.82) is 0 Å². The Morgan fingerprint density at radius 3 is 2.64 bits per heavy atom. The van der Waals surface area contributed by atoms with Crippen molar-refractivity contribution in [3.05, 3.63) is 59.4 Å². The van der Waals surface area contributed by atoms with Gasteiger partial charge in [0, 0.05) is 30.5 Å². The second kappa shape index (κ2) is 12.2. The number of pyridine rings is 1. The summed E-state index contributed by atoms with van der Waals surface area (Å²) in [4.78, 5) is 8.37. The Labute approximate surface area is 188 Å². The molecule has 1 aromatic carbocycles. The normalized spacial score (nSPS) is 12.8. The largest absolute Gasteiger partial charge is 0.357 e. The van der Waals surface area contributed by atoms with Crippen molar-refractivity contribution in [3.8, 4) is 0 Å². The van der Waals surface area contributed by atoms with E-state index >= 15 is 0 Å². The number of aromatic nitrogens is 1. The Bertz CT molecular complexity index is 865. The van der Waals surface area contributed by atoms with Gasteiger partial charge in [-0.15, -0.1) is 24.0 Å². The fourth-order valence-corrected chi connectivity index (χ4v) is 3.65. The lowest BCUT2D eigenvalue weighted by atomic mass is 10.1. The van der Waals surface area contributed by atoms with E-state index in [9.17, 15) is 8.42 Å². The Hall–Kier alpha value is -1.43. The number of benzene rings is 1. The molecule has 0 radical (unpaired) electrons. The van der Waals surface area contributed by atoms with Crippen molar-refractivity contribution in [3.63, 3.8) is 0 Å². The average Bonchev–Trinajstić information content (AvgIpc) is 2.66. The smallest absolute Gasteiger partial charge is 0.242 e. The van der Waals surface area contributed by atoms with Crippen molar-refractivity contribution in [2.45, 2.75) is 24.8 Å². The number of guanidine groups is 1. The van der Waals surface area contributed by atoms with Gasteiger partial charge in [0.15, 0.2) is 5.96 Å². The highest BCUT2D eigenvalue weighted by molar-refractivity contribution is 14.0. The zero-order chi connectivity index (χ0) is 19.7. The van der Waals surface area contributed by atoms with E-state index in [1.54, 1.807) is 6.07 Å². The predicted molar refractivity (Wildman–Crippen MR) is 124 cm³/mol. The number of aliphatic imine (C=N–C) groups is 1. The van der Waals surface area contributed by atoms with Gasteiger partial charge in [-0.1, -0.05) is 29.8 Å². The second-order valence-corrected chi connectivity index (χ2v) is 7.91. The third-order valence-corrected chi connectivity index (χ3v) is 5.48. The molecule has 2 rings (SSSR count). The molecule has 1 heterocycles. The number of sulfonamides is 1. The van der Waals surface area contributed by atoms with Crippen LogP contribution in [0.2, 0.25) is 5.02 Å². The van der Waals surface area contributed by atoms with E-state index in [-0.39, 0.29) is 48.0 Å². The van der Waals surface area contributed by atoms with Crippen LogP contribution >= 0.6 is 35.6 Å². The minimum absolute atomic E-state index is 0. The van der Waals surface area contributed by atoms with Gasteiger partial charge in [0.05, 0.1) is 12.6 Å². The molecule has 10 heteroatoms. The van der Waals surface area contributed by atoms with E-state index in [0.717, 1.165) is 5.56 Å². The van der Waals surface area contributed by atoms with Crippen molar-refractivity contribution < 1.29 is 8.42 Å². The van der Waals surface area contributed by atoms with Crippen LogP contribution in [0, 0.1) is 0 Å². The number of hydrogen-bond donors (Lipinski definition) is 3. The van der Waals surface area contributed by atoms with Crippen LogP contribution < -0.4 is 15.4 Å². The van der Waals surface area contributed by atoms with Gasteiger partial charge >= 0.3 is 0 Å². The fraction of sp³-hybridized carbons (Fsp3) is 0.333. The first-order chi connectivity index (χ1) is 12.9. The summed E-state index contributed by atoms with van der Waals surface area (Å²) in [7, 11) is -3.58. The highest BCUT2D eigenvalue weighted by atomic mass is 127. The molecule has 1 atom stereocenters. The Balaban J connectivity index is 0.00000392. The number of rotatable bonds is 8. The first kappa shape index (κ1) is 24.6. The number of nitrogens with one attached hydrogen (secondary N) is 3. The van der Waals surface area contributed by atoms with Crippen molar-refractivity contribution >= 4 is 51.6 Å². The average molecular weight is 538 g/mol. The van der Waals surface area contributed by atoms with Crippen LogP contribution in [0.5, 0.6) is 0 Å². The fourth-order valence-electron chi connectivity index (χ4n) is 2.37. The summed E-state index contributed by atoms with van der Waals surface area (Å²) >= 11 is 6.23. The lowest BCUT2D eigenvalue weighted by Gasteiger charge is -2.19. The van der Waals surface area contributed by atoms with Crippen LogP contribution in [0.25, 0.3) is 0 Å². The Kier molecular flexibility index (Phi) is 10.7. The van der Waals surface area contributed by atoms with Gasteiger partial charge < -0.3 is 10.6 Å². The number of hydrogen-bond acceptors (Lipinski definition) is 4. The topological polar surface area (TPSA) is 95.5 Å². The van der Waals surface area contributed by atoms with E-state index in [1.165, 1.54) is 18.5 Å². The first-order valence-electron chi connectivity index (χ1n) is 8.63. The van der Waals surface area contributed by atoms with Crippen LogP contribution in [0.3, 0.4) is 0 Å². The SMILES string of the molecule is CCNC(=NCCNS(=O)(=O)c1cccnc1)NC(C)c1ccccc1Cl.I. The molecule has 1 aromatic heterocycles. The summed E-state index contributed by atoms with van der Waals surface area (Å²) < 4.78 is 26.8. The third-order valence-electron chi connectivity index (χ3n) is 3.69. The van der Waals surface area contributed by atoms with Gasteiger partial charge in [-0.2, -0.15) is 0 Å². The molecule has 7 nitrogen and oxygen atoms in total. The Morgan fingerprint density at radius 1 is 1.25 bits per heavy atom. The van der Waals surface area contributed by atoms with Crippen LogP contribution in [0.15, 0.2) is 58.7 Å². The monoisotopic (exact) mass is 537 g/mol. The Morgan fingerprint density at radius 2 is 2.00 bits per heavy atom. The van der Waals surface area contributed by atoms with Crippen LogP contribution in [-0.2, 0) is 10.0 Å². The molecule has 2 aromatic rings. The molecule has 3 N–H and O–H groups in total. The molecule has 0 aliphatic rings. The van der Waals surface area contributed by atoms with Crippen LogP contribution in [-0.4, -0.2) is 39.0 Å². The summed E-state index contributed by atoms with van der Waals surface area (Å²) in [6, 6.07) is 10.6. The van der Waals surface area contributed by atoms with E-state index in [4.69, 9.17) is 11.6 Å². The molecular weight excluding hydrogens is 513 g/mol. The zero-order valence-corrected chi connectivity index (χ0v) is 19.6. The van der Waals surface area contributed by atoms with Crippen molar-refractivity contribution in [2.75, 3.05) is 19.6 Å². The molecule has 0 bridgehead atoms. The number of halogens is 2. The second-order valence-electron chi connectivity index (χ2n) is 5.73. The highest BCUT2D eigenvalue weighted by Crippen LogP contribution is 2.21. The minimum atomic E-state index is -3.58. The maximum atomic E-state index is 12.2. The third kappa shape index (κ3) is 7.53. The molecule has 0 aliphatic heterocycles. The first-order valence-corrected chi connectivity index (χ1v) is 10.5. The molecule has 0 fully saturated rings. The summed E-state index contributed by atoms with van der Waals surface area (Å²) in [5.74, 6) is 0.588. The molecule has 0 saturated carbocycles. The standard InChI is InChI=1S/C18H24ClN5O2S.HI/c1-3-21-18(24-14(2)16-8-4-5-9-17(16)19)22-11-12-23-27(25,26)15-7-6-10-20-13-15;/h4-10,13-14,23H,3,11-12H2,1-2H3,(H2,21,22,24);1H. The van der Waals surface area contributed by atoms with Gasteiger partial charge in [0.25, 0.3) is 0 Å². The minimum Gasteiger partial charge on any atom is -0.357 e. The molecular formula is C18H25ClIN5O2S. The van der Waals surface area contributed by atoms with Gasteiger partial charge in [0.2, 0.25) is 10.0 Å². The summed E-state index contributed by atoms with van der Waals surface area (Å²) in [5, 5.41) is 7.09. The van der Waals surface area contributed by atoms with E-state index in [2.05, 4.69) is 25.3 Å². The molecule has 0 saturated heterocycles. The van der Waals surface area contributed by atoms with Gasteiger partial charge in [0.1, 0.15) is 4.90 Å². The maximum absolute atomic E-state index is 12.2. The van der Waals surface area contributed by atoms with Gasteiger partial charge in [-0.05, 0) is 37.6 Å². The number of nitrogens with zero attached hydrogens (tertiary/aromatic N) is 2.